The molecule has 3 aromatic rings. The van der Waals surface area contributed by atoms with Crippen LogP contribution in [0.5, 0.6) is 0 Å². The van der Waals surface area contributed by atoms with Crippen LogP contribution < -0.4 is 5.56 Å². The van der Waals surface area contributed by atoms with E-state index in [4.69, 9.17) is 16.3 Å². The Kier molecular flexibility index (Phi) is 4.07. The quantitative estimate of drug-likeness (QED) is 0.666. The lowest BCUT2D eigenvalue weighted by molar-refractivity contribution is -0.143. The van der Waals surface area contributed by atoms with Crippen molar-refractivity contribution in [2.75, 3.05) is 6.61 Å². The van der Waals surface area contributed by atoms with Crippen LogP contribution in [0.4, 0.5) is 0 Å². The minimum Gasteiger partial charge on any atom is -0.465 e. The Labute approximate surface area is 135 Å². The predicted molar refractivity (Wildman–Crippen MR) is 82.6 cm³/mol. The monoisotopic (exact) mass is 333 g/mol. The Morgan fingerprint density at radius 2 is 2.04 bits per heavy atom. The topological polar surface area (TPSA) is 91.9 Å². The van der Waals surface area contributed by atoms with E-state index in [9.17, 15) is 9.59 Å². The van der Waals surface area contributed by atoms with Crippen molar-refractivity contribution >= 4 is 28.7 Å². The maximum absolute atomic E-state index is 12.3. The fraction of sp³-hybridized carbons (Fsp3) is 0.214. The van der Waals surface area contributed by atoms with Gasteiger partial charge in [0.05, 0.1) is 12.3 Å². The van der Waals surface area contributed by atoms with Gasteiger partial charge in [0.1, 0.15) is 12.9 Å². The smallest absolute Gasteiger partial charge is 0.326 e. The van der Waals surface area contributed by atoms with E-state index in [2.05, 4.69) is 15.3 Å². The Hall–Kier alpha value is -2.74. The van der Waals surface area contributed by atoms with Gasteiger partial charge in [0.2, 0.25) is 0 Å². The summed E-state index contributed by atoms with van der Waals surface area (Å²) in [5.41, 5.74) is 0.597. The first-order chi connectivity index (χ1) is 11.1. The van der Waals surface area contributed by atoms with Gasteiger partial charge in [-0.25, -0.2) is 4.98 Å². The van der Waals surface area contributed by atoms with E-state index in [1.807, 2.05) is 0 Å². The number of carbonyl (C=O) groups is 1. The number of carbonyl (C=O) groups excluding carboxylic acids is 1. The van der Waals surface area contributed by atoms with Crippen molar-refractivity contribution in [2.24, 2.45) is 0 Å². The maximum atomic E-state index is 12.3. The van der Waals surface area contributed by atoms with E-state index < -0.39 is 11.5 Å². The Morgan fingerprint density at radius 3 is 2.74 bits per heavy atom. The molecule has 2 aromatic heterocycles. The molecule has 0 bridgehead atoms. The average molecular weight is 334 g/mol. The van der Waals surface area contributed by atoms with Gasteiger partial charge in [-0.05, 0) is 31.2 Å². The second-order valence-electron chi connectivity index (χ2n) is 4.63. The SMILES string of the molecule is CCOC(=O)Cn1cnc2c(nnn2-c2ccc(Cl)cc2)c1=O. The summed E-state index contributed by atoms with van der Waals surface area (Å²) in [6.45, 7) is 1.72. The summed E-state index contributed by atoms with van der Waals surface area (Å²) in [5.74, 6) is -0.513. The van der Waals surface area contributed by atoms with Gasteiger partial charge < -0.3 is 4.74 Å². The fourth-order valence-electron chi connectivity index (χ4n) is 2.06. The summed E-state index contributed by atoms with van der Waals surface area (Å²) in [6.07, 6.45) is 1.28. The minimum atomic E-state index is -0.513. The number of rotatable bonds is 4. The molecule has 9 heteroatoms. The molecule has 0 radical (unpaired) electrons. The van der Waals surface area contributed by atoms with Crippen molar-refractivity contribution in [3.8, 4) is 5.69 Å². The second-order valence-corrected chi connectivity index (χ2v) is 5.07. The molecule has 1 aromatic carbocycles. The first-order valence-corrected chi connectivity index (χ1v) is 7.20. The van der Waals surface area contributed by atoms with Crippen LogP contribution in [0.1, 0.15) is 6.92 Å². The zero-order valence-corrected chi connectivity index (χ0v) is 12.9. The number of hydrogen-bond donors (Lipinski definition) is 0. The molecule has 23 heavy (non-hydrogen) atoms. The van der Waals surface area contributed by atoms with Crippen molar-refractivity contribution in [1.82, 2.24) is 24.5 Å². The summed E-state index contributed by atoms with van der Waals surface area (Å²) >= 11 is 5.85. The molecule has 0 atom stereocenters. The van der Waals surface area contributed by atoms with Crippen LogP contribution >= 0.6 is 11.6 Å². The van der Waals surface area contributed by atoms with Gasteiger partial charge in [-0.3, -0.25) is 14.2 Å². The molecule has 0 aliphatic rings. The van der Waals surface area contributed by atoms with Crippen LogP contribution in [0.15, 0.2) is 35.4 Å². The number of halogens is 1. The van der Waals surface area contributed by atoms with E-state index >= 15 is 0 Å². The predicted octanol–water partition coefficient (Wildman–Crippen LogP) is 1.19. The number of fused-ring (bicyclic) bond motifs is 1. The van der Waals surface area contributed by atoms with Crippen LogP contribution in [0.3, 0.4) is 0 Å². The molecule has 0 aliphatic heterocycles. The molecule has 0 fully saturated rings. The molecular weight excluding hydrogens is 322 g/mol. The third-order valence-corrected chi connectivity index (χ3v) is 3.36. The van der Waals surface area contributed by atoms with E-state index in [1.54, 1.807) is 31.2 Å². The number of nitrogens with zero attached hydrogens (tertiary/aromatic N) is 5. The van der Waals surface area contributed by atoms with Gasteiger partial charge in [-0.15, -0.1) is 5.10 Å². The van der Waals surface area contributed by atoms with E-state index in [-0.39, 0.29) is 18.7 Å². The standard InChI is InChI=1S/C14H12ClN5O3/c1-2-23-11(21)7-19-8-16-13-12(14(19)22)17-18-20(13)10-5-3-9(15)4-6-10/h3-6,8H,2,7H2,1H3. The highest BCUT2D eigenvalue weighted by atomic mass is 35.5. The summed E-state index contributed by atoms with van der Waals surface area (Å²) in [6, 6.07) is 6.88. The van der Waals surface area contributed by atoms with E-state index in [0.717, 1.165) is 4.57 Å². The maximum Gasteiger partial charge on any atom is 0.326 e. The molecule has 0 spiro atoms. The largest absolute Gasteiger partial charge is 0.465 e. The van der Waals surface area contributed by atoms with Crippen LogP contribution in [0, 0.1) is 0 Å². The number of ether oxygens (including phenoxy) is 1. The third-order valence-electron chi connectivity index (χ3n) is 3.11. The molecular formula is C14H12ClN5O3. The lowest BCUT2D eigenvalue weighted by atomic mass is 10.3. The molecule has 3 rings (SSSR count). The molecule has 118 valence electrons. The van der Waals surface area contributed by atoms with Gasteiger partial charge in [0.25, 0.3) is 5.56 Å². The number of hydrogen-bond acceptors (Lipinski definition) is 6. The van der Waals surface area contributed by atoms with Crippen LogP contribution in [0.25, 0.3) is 16.9 Å². The molecule has 0 N–H and O–H groups in total. The van der Waals surface area contributed by atoms with Crippen molar-refractivity contribution < 1.29 is 9.53 Å². The highest BCUT2D eigenvalue weighted by molar-refractivity contribution is 6.30. The van der Waals surface area contributed by atoms with Crippen molar-refractivity contribution in [3.05, 3.63) is 46.0 Å². The highest BCUT2D eigenvalue weighted by Gasteiger charge is 2.15. The minimum absolute atomic E-state index is 0.0757. The lowest BCUT2D eigenvalue weighted by Crippen LogP contribution is -2.26. The Bertz CT molecular complexity index is 916. The van der Waals surface area contributed by atoms with Crippen LogP contribution in [-0.4, -0.2) is 37.1 Å². The Morgan fingerprint density at radius 1 is 1.30 bits per heavy atom. The lowest BCUT2D eigenvalue weighted by Gasteiger charge is -2.05. The molecule has 2 heterocycles. The van der Waals surface area contributed by atoms with Crippen molar-refractivity contribution in [2.45, 2.75) is 13.5 Å². The van der Waals surface area contributed by atoms with Gasteiger partial charge in [0.15, 0.2) is 11.2 Å². The van der Waals surface area contributed by atoms with Crippen molar-refractivity contribution in [3.63, 3.8) is 0 Å². The first-order valence-electron chi connectivity index (χ1n) is 6.82. The zero-order valence-electron chi connectivity index (χ0n) is 12.1. The molecule has 0 saturated carbocycles. The molecule has 0 unspecified atom stereocenters. The molecule has 0 saturated heterocycles. The molecule has 8 nitrogen and oxygen atoms in total. The Balaban J connectivity index is 2.02. The highest BCUT2D eigenvalue weighted by Crippen LogP contribution is 2.15. The van der Waals surface area contributed by atoms with Gasteiger partial charge >= 0.3 is 5.97 Å². The number of esters is 1. The van der Waals surface area contributed by atoms with E-state index in [0.29, 0.717) is 16.4 Å². The third kappa shape index (κ3) is 2.93. The van der Waals surface area contributed by atoms with Crippen molar-refractivity contribution in [1.29, 1.82) is 0 Å². The molecule has 0 aliphatic carbocycles. The van der Waals surface area contributed by atoms with E-state index in [1.165, 1.54) is 11.0 Å². The van der Waals surface area contributed by atoms with Gasteiger partial charge in [-0.1, -0.05) is 16.8 Å². The second kappa shape index (κ2) is 6.17. The molecule has 0 amide bonds. The normalized spacial score (nSPS) is 10.9. The van der Waals surface area contributed by atoms with Crippen LogP contribution in [-0.2, 0) is 16.1 Å². The summed E-state index contributed by atoms with van der Waals surface area (Å²) in [7, 11) is 0. The summed E-state index contributed by atoms with van der Waals surface area (Å²) in [4.78, 5) is 28.0. The summed E-state index contributed by atoms with van der Waals surface area (Å²) < 4.78 is 7.39. The van der Waals surface area contributed by atoms with Crippen LogP contribution in [0.2, 0.25) is 5.02 Å². The van der Waals surface area contributed by atoms with Gasteiger partial charge in [0, 0.05) is 5.02 Å². The first kappa shape index (κ1) is 15.2. The fourth-order valence-corrected chi connectivity index (χ4v) is 2.18. The van der Waals surface area contributed by atoms with Gasteiger partial charge in [-0.2, -0.15) is 4.68 Å². The number of aromatic nitrogens is 5. The summed E-state index contributed by atoms with van der Waals surface area (Å²) in [5, 5.41) is 8.39. The number of benzene rings is 1. The average Bonchev–Trinajstić information content (AvgIpc) is 2.96. The zero-order chi connectivity index (χ0) is 16.4.